The molecule has 1 heterocycles. The number of aliphatic hydroxyl groups is 1. The Balaban J connectivity index is 1.94. The highest BCUT2D eigenvalue weighted by atomic mass is 16.3. The normalized spacial score (nSPS) is 11.7. The van der Waals surface area contributed by atoms with Gasteiger partial charge in [0.25, 0.3) is 0 Å². The number of fused-ring (bicyclic) bond motifs is 1. The summed E-state index contributed by atoms with van der Waals surface area (Å²) in [7, 11) is 1.72. The quantitative estimate of drug-likeness (QED) is 0.475. The molecular formula is C26H32N6O3. The van der Waals surface area contributed by atoms with Crippen molar-refractivity contribution >= 4 is 40.3 Å². The molecule has 184 valence electrons. The Bertz CT molecular complexity index is 1290. The van der Waals surface area contributed by atoms with E-state index >= 15 is 0 Å². The molecule has 0 spiro atoms. The van der Waals surface area contributed by atoms with Crippen molar-refractivity contribution in [3.05, 3.63) is 48.0 Å². The van der Waals surface area contributed by atoms with E-state index in [-0.39, 0.29) is 23.8 Å². The maximum Gasteiger partial charge on any atom is 0.326 e. The Morgan fingerprint density at radius 1 is 1.11 bits per heavy atom. The number of carbonyl (C=O) groups is 2. The van der Waals surface area contributed by atoms with E-state index in [1.807, 2.05) is 39.0 Å². The first kappa shape index (κ1) is 25.7. The molecule has 3 N–H and O–H groups in total. The van der Waals surface area contributed by atoms with Crippen molar-refractivity contribution in [2.75, 3.05) is 22.6 Å². The molecule has 0 saturated heterocycles. The molecule has 3 aromatic rings. The molecule has 0 radical (unpaired) electrons. The Morgan fingerprint density at radius 2 is 1.80 bits per heavy atom. The fourth-order valence-corrected chi connectivity index (χ4v) is 3.63. The fraction of sp³-hybridized carbons (Fsp3) is 0.385. The molecule has 9 nitrogen and oxygen atoms in total. The van der Waals surface area contributed by atoms with Gasteiger partial charge in [0.2, 0.25) is 11.9 Å². The van der Waals surface area contributed by atoms with Crippen LogP contribution >= 0.6 is 0 Å². The molecule has 0 unspecified atom stereocenters. The van der Waals surface area contributed by atoms with Gasteiger partial charge in [0.15, 0.2) is 0 Å². The van der Waals surface area contributed by atoms with E-state index < -0.39 is 11.6 Å². The third-order valence-corrected chi connectivity index (χ3v) is 5.24. The molecule has 3 amide bonds. The highest BCUT2D eigenvalue weighted by Gasteiger charge is 2.23. The van der Waals surface area contributed by atoms with Crippen molar-refractivity contribution < 1.29 is 14.7 Å². The van der Waals surface area contributed by atoms with Crippen molar-refractivity contribution in [2.24, 2.45) is 5.41 Å². The average molecular weight is 477 g/mol. The third kappa shape index (κ3) is 6.58. The van der Waals surface area contributed by atoms with E-state index in [9.17, 15) is 20.0 Å². The van der Waals surface area contributed by atoms with E-state index in [2.05, 4.69) is 15.6 Å². The SMILES string of the molecule is CN(C(=O)CC(C)(C)C)c1ccc2c(c1)nc(NC(=O)Nc1ccccc1C#N)n2CC(C)(C)O. The maximum atomic E-state index is 12.7. The summed E-state index contributed by atoms with van der Waals surface area (Å²) in [4.78, 5) is 31.6. The van der Waals surface area contributed by atoms with Crippen molar-refractivity contribution in [2.45, 2.75) is 53.2 Å². The molecule has 3 rings (SSSR count). The van der Waals surface area contributed by atoms with Gasteiger partial charge in [-0.2, -0.15) is 5.26 Å². The van der Waals surface area contributed by atoms with E-state index in [4.69, 9.17) is 0 Å². The van der Waals surface area contributed by atoms with Crippen LogP contribution in [0.3, 0.4) is 0 Å². The highest BCUT2D eigenvalue weighted by molar-refractivity contribution is 6.01. The Hall–Kier alpha value is -3.90. The number of amides is 3. The van der Waals surface area contributed by atoms with Crippen LogP contribution in [0.5, 0.6) is 0 Å². The van der Waals surface area contributed by atoms with E-state index in [0.29, 0.717) is 34.4 Å². The summed E-state index contributed by atoms with van der Waals surface area (Å²) < 4.78 is 1.71. The van der Waals surface area contributed by atoms with Crippen LogP contribution in [0.1, 0.15) is 46.6 Å². The summed E-state index contributed by atoms with van der Waals surface area (Å²) in [5.41, 5.74) is 1.43. The summed E-state index contributed by atoms with van der Waals surface area (Å²) in [6, 6.07) is 13.6. The first-order valence-electron chi connectivity index (χ1n) is 11.3. The molecule has 0 aliphatic carbocycles. The number of hydrogen-bond acceptors (Lipinski definition) is 5. The number of urea groups is 1. The van der Waals surface area contributed by atoms with Gasteiger partial charge in [0.05, 0.1) is 34.4 Å². The highest BCUT2D eigenvalue weighted by Crippen LogP contribution is 2.28. The second-order valence-electron chi connectivity index (χ2n) is 10.4. The van der Waals surface area contributed by atoms with Gasteiger partial charge in [-0.1, -0.05) is 32.9 Å². The van der Waals surface area contributed by atoms with Crippen LogP contribution in [0.25, 0.3) is 11.0 Å². The summed E-state index contributed by atoms with van der Waals surface area (Å²) in [5, 5.41) is 25.1. The molecule has 1 aromatic heterocycles. The lowest BCUT2D eigenvalue weighted by atomic mass is 9.91. The van der Waals surface area contributed by atoms with Gasteiger partial charge in [-0.3, -0.25) is 10.1 Å². The van der Waals surface area contributed by atoms with Gasteiger partial charge in [0, 0.05) is 19.2 Å². The van der Waals surface area contributed by atoms with E-state index in [1.54, 1.807) is 60.7 Å². The van der Waals surface area contributed by atoms with Crippen LogP contribution in [-0.2, 0) is 11.3 Å². The fourth-order valence-electron chi connectivity index (χ4n) is 3.63. The smallest absolute Gasteiger partial charge is 0.326 e. The summed E-state index contributed by atoms with van der Waals surface area (Å²) >= 11 is 0. The number of nitrogens with zero attached hydrogens (tertiary/aromatic N) is 4. The summed E-state index contributed by atoms with van der Waals surface area (Å²) in [6.07, 6.45) is 0.395. The van der Waals surface area contributed by atoms with Crippen molar-refractivity contribution in [1.29, 1.82) is 5.26 Å². The number of nitrogens with one attached hydrogen (secondary N) is 2. The van der Waals surface area contributed by atoms with Crippen LogP contribution in [0, 0.1) is 16.7 Å². The first-order valence-corrected chi connectivity index (χ1v) is 11.3. The van der Waals surface area contributed by atoms with Crippen LogP contribution in [0.4, 0.5) is 22.1 Å². The van der Waals surface area contributed by atoms with Crippen LogP contribution in [0.15, 0.2) is 42.5 Å². The molecule has 9 heteroatoms. The van der Waals surface area contributed by atoms with Crippen LogP contribution in [0.2, 0.25) is 0 Å². The minimum absolute atomic E-state index is 0.0124. The number of anilines is 3. The predicted molar refractivity (Wildman–Crippen MR) is 137 cm³/mol. The van der Waals surface area contributed by atoms with E-state index in [1.165, 1.54) is 0 Å². The van der Waals surface area contributed by atoms with Gasteiger partial charge < -0.3 is 19.9 Å². The number of aromatic nitrogens is 2. The van der Waals surface area contributed by atoms with Crippen LogP contribution in [-0.4, -0.2) is 39.2 Å². The Labute approximate surface area is 205 Å². The van der Waals surface area contributed by atoms with Gasteiger partial charge >= 0.3 is 6.03 Å². The maximum absolute atomic E-state index is 12.7. The number of rotatable bonds is 6. The molecule has 0 aliphatic rings. The van der Waals surface area contributed by atoms with Gasteiger partial charge in [-0.05, 0) is 49.6 Å². The molecule has 0 fully saturated rings. The monoisotopic (exact) mass is 476 g/mol. The second kappa shape index (κ2) is 9.76. The van der Waals surface area contributed by atoms with Gasteiger partial charge in [-0.25, -0.2) is 9.78 Å². The van der Waals surface area contributed by atoms with Crippen molar-refractivity contribution in [1.82, 2.24) is 9.55 Å². The standard InChI is InChI=1S/C26H32N6O3/c1-25(2,3)14-22(33)31(6)18-11-12-21-20(13-18)28-23(32(21)16-26(4,5)35)30-24(34)29-19-10-8-7-9-17(19)15-27/h7-13,35H,14,16H2,1-6H3,(H2,28,29,30,34). The number of hydrogen-bond donors (Lipinski definition) is 3. The number of nitriles is 1. The van der Waals surface area contributed by atoms with Crippen molar-refractivity contribution in [3.63, 3.8) is 0 Å². The topological polar surface area (TPSA) is 123 Å². The molecule has 0 saturated carbocycles. The minimum Gasteiger partial charge on any atom is -0.389 e. The largest absolute Gasteiger partial charge is 0.389 e. The zero-order valence-corrected chi connectivity index (χ0v) is 21.0. The molecule has 0 aliphatic heterocycles. The Morgan fingerprint density at radius 3 is 2.43 bits per heavy atom. The third-order valence-electron chi connectivity index (χ3n) is 5.24. The van der Waals surface area contributed by atoms with Gasteiger partial charge in [0.1, 0.15) is 6.07 Å². The van der Waals surface area contributed by atoms with Crippen LogP contribution < -0.4 is 15.5 Å². The Kier molecular flexibility index (Phi) is 7.17. The number of benzene rings is 2. The molecule has 0 atom stereocenters. The first-order chi connectivity index (χ1) is 16.3. The zero-order chi connectivity index (χ0) is 26.0. The summed E-state index contributed by atoms with van der Waals surface area (Å²) in [6.45, 7) is 9.54. The average Bonchev–Trinajstić information content (AvgIpc) is 3.06. The van der Waals surface area contributed by atoms with Gasteiger partial charge in [-0.15, -0.1) is 0 Å². The lowest BCUT2D eigenvalue weighted by molar-refractivity contribution is -0.120. The molecule has 2 aromatic carbocycles. The predicted octanol–water partition coefficient (Wildman–Crippen LogP) is 4.72. The minimum atomic E-state index is -1.08. The molecule has 35 heavy (non-hydrogen) atoms. The van der Waals surface area contributed by atoms with Crippen molar-refractivity contribution in [3.8, 4) is 6.07 Å². The molecular weight excluding hydrogens is 444 g/mol. The van der Waals surface area contributed by atoms with E-state index in [0.717, 1.165) is 0 Å². The lowest BCUT2D eigenvalue weighted by Gasteiger charge is -2.23. The molecule has 0 bridgehead atoms. The summed E-state index contributed by atoms with van der Waals surface area (Å²) in [5.74, 6) is 0.219. The number of imidazole rings is 1. The second-order valence-corrected chi connectivity index (χ2v) is 10.4. The number of para-hydroxylation sites is 1. The lowest BCUT2D eigenvalue weighted by Crippen LogP contribution is -2.29. The zero-order valence-electron chi connectivity index (χ0n) is 21.0. The number of carbonyl (C=O) groups excluding carboxylic acids is 2.